The molecule has 0 atom stereocenters. The van der Waals surface area contributed by atoms with Gasteiger partial charge in [-0.15, -0.1) is 0 Å². The molecule has 0 bridgehead atoms. The number of nitrogens with zero attached hydrogens (tertiary/aromatic N) is 1. The fourth-order valence-electron chi connectivity index (χ4n) is 2.05. The predicted molar refractivity (Wildman–Crippen MR) is 59.2 cm³/mol. The molecule has 0 amide bonds. The van der Waals surface area contributed by atoms with Crippen molar-refractivity contribution in [3.8, 4) is 5.75 Å². The van der Waals surface area contributed by atoms with Gasteiger partial charge in [0.1, 0.15) is 19.0 Å². The SMILES string of the molecule is O/N=C1/CCCc2c(OCCF)cccc21. The molecule has 1 aliphatic carbocycles. The van der Waals surface area contributed by atoms with Crippen LogP contribution in [0.25, 0.3) is 0 Å². The van der Waals surface area contributed by atoms with E-state index in [1.54, 1.807) is 0 Å². The van der Waals surface area contributed by atoms with Gasteiger partial charge < -0.3 is 9.94 Å². The lowest BCUT2D eigenvalue weighted by Crippen LogP contribution is -2.14. The van der Waals surface area contributed by atoms with E-state index in [1.165, 1.54) is 0 Å². The Morgan fingerprint density at radius 1 is 1.38 bits per heavy atom. The van der Waals surface area contributed by atoms with E-state index < -0.39 is 6.67 Å². The molecule has 4 heteroatoms. The first-order valence-corrected chi connectivity index (χ1v) is 5.38. The van der Waals surface area contributed by atoms with E-state index in [-0.39, 0.29) is 6.61 Å². The first kappa shape index (κ1) is 10.9. The normalized spacial score (nSPS) is 17.2. The van der Waals surface area contributed by atoms with E-state index in [1.807, 2.05) is 18.2 Å². The molecule has 1 N–H and O–H groups in total. The second-order valence-electron chi connectivity index (χ2n) is 3.72. The first-order valence-electron chi connectivity index (χ1n) is 5.38. The number of oxime groups is 1. The van der Waals surface area contributed by atoms with Gasteiger partial charge in [0.2, 0.25) is 0 Å². The Bertz CT molecular complexity index is 404. The van der Waals surface area contributed by atoms with Crippen molar-refractivity contribution in [1.29, 1.82) is 0 Å². The van der Waals surface area contributed by atoms with Crippen LogP contribution in [0.3, 0.4) is 0 Å². The molecule has 0 saturated heterocycles. The maximum atomic E-state index is 12.1. The molecule has 0 fully saturated rings. The Kier molecular flexibility index (Phi) is 3.39. The number of rotatable bonds is 3. The van der Waals surface area contributed by atoms with Gasteiger partial charge in [-0.1, -0.05) is 17.3 Å². The van der Waals surface area contributed by atoms with Crippen molar-refractivity contribution in [3.63, 3.8) is 0 Å². The summed E-state index contributed by atoms with van der Waals surface area (Å²) in [6.45, 7) is -0.424. The molecule has 1 aromatic carbocycles. The van der Waals surface area contributed by atoms with Gasteiger partial charge in [0.05, 0.1) is 5.71 Å². The third-order valence-electron chi connectivity index (χ3n) is 2.74. The fraction of sp³-hybridized carbons (Fsp3) is 0.417. The van der Waals surface area contributed by atoms with Gasteiger partial charge in [0.25, 0.3) is 0 Å². The predicted octanol–water partition coefficient (Wildman–Crippen LogP) is 2.55. The van der Waals surface area contributed by atoms with Crippen molar-refractivity contribution in [2.75, 3.05) is 13.3 Å². The number of benzene rings is 1. The zero-order chi connectivity index (χ0) is 11.4. The summed E-state index contributed by atoms with van der Waals surface area (Å²) in [5.41, 5.74) is 2.63. The van der Waals surface area contributed by atoms with Crippen molar-refractivity contribution in [2.24, 2.45) is 5.16 Å². The Morgan fingerprint density at radius 2 is 2.25 bits per heavy atom. The standard InChI is InChI=1S/C12H14FNO2/c13-7-8-16-12-6-2-3-9-10(12)4-1-5-11(9)14-15/h2-3,6,15H,1,4-5,7-8H2/b14-11-. The third kappa shape index (κ3) is 2.01. The van der Waals surface area contributed by atoms with Crippen LogP contribution in [-0.4, -0.2) is 24.2 Å². The van der Waals surface area contributed by atoms with E-state index in [4.69, 9.17) is 9.94 Å². The highest BCUT2D eigenvalue weighted by Gasteiger charge is 2.19. The van der Waals surface area contributed by atoms with Crippen LogP contribution in [0.15, 0.2) is 23.4 Å². The molecule has 1 aliphatic rings. The molecule has 0 radical (unpaired) electrons. The zero-order valence-electron chi connectivity index (χ0n) is 8.95. The summed E-state index contributed by atoms with van der Waals surface area (Å²) in [5.74, 6) is 0.705. The van der Waals surface area contributed by atoms with E-state index in [0.717, 1.165) is 30.4 Å². The van der Waals surface area contributed by atoms with Gasteiger partial charge >= 0.3 is 0 Å². The van der Waals surface area contributed by atoms with Gasteiger partial charge in [0, 0.05) is 11.1 Å². The number of hydrogen-bond donors (Lipinski definition) is 1. The molecular formula is C12H14FNO2. The average molecular weight is 223 g/mol. The van der Waals surface area contributed by atoms with Gasteiger partial charge in [-0.3, -0.25) is 0 Å². The fourth-order valence-corrected chi connectivity index (χ4v) is 2.05. The molecule has 0 unspecified atom stereocenters. The molecular weight excluding hydrogens is 209 g/mol. The lowest BCUT2D eigenvalue weighted by molar-refractivity contribution is 0.270. The molecule has 0 aromatic heterocycles. The van der Waals surface area contributed by atoms with E-state index in [0.29, 0.717) is 11.5 Å². The molecule has 16 heavy (non-hydrogen) atoms. The Balaban J connectivity index is 2.35. The van der Waals surface area contributed by atoms with Crippen LogP contribution in [0.1, 0.15) is 24.0 Å². The van der Waals surface area contributed by atoms with Crippen LogP contribution in [-0.2, 0) is 6.42 Å². The minimum absolute atomic E-state index is 0.0715. The van der Waals surface area contributed by atoms with E-state index in [9.17, 15) is 4.39 Å². The minimum Gasteiger partial charge on any atom is -0.491 e. The van der Waals surface area contributed by atoms with Crippen molar-refractivity contribution < 1.29 is 14.3 Å². The molecule has 0 aliphatic heterocycles. The summed E-state index contributed by atoms with van der Waals surface area (Å²) in [6, 6.07) is 5.57. The van der Waals surface area contributed by atoms with E-state index in [2.05, 4.69) is 5.16 Å². The third-order valence-corrected chi connectivity index (χ3v) is 2.74. The highest BCUT2D eigenvalue weighted by Crippen LogP contribution is 2.29. The second kappa shape index (κ2) is 4.96. The Labute approximate surface area is 93.5 Å². The number of hydrogen-bond acceptors (Lipinski definition) is 3. The van der Waals surface area contributed by atoms with Crippen LogP contribution in [0.4, 0.5) is 4.39 Å². The van der Waals surface area contributed by atoms with Crippen molar-refractivity contribution >= 4 is 5.71 Å². The van der Waals surface area contributed by atoms with Crippen LogP contribution < -0.4 is 4.74 Å². The Hall–Kier alpha value is -1.58. The topological polar surface area (TPSA) is 41.8 Å². The van der Waals surface area contributed by atoms with E-state index >= 15 is 0 Å². The van der Waals surface area contributed by atoms with Crippen molar-refractivity contribution in [1.82, 2.24) is 0 Å². The van der Waals surface area contributed by atoms with Gasteiger partial charge in [0.15, 0.2) is 0 Å². The van der Waals surface area contributed by atoms with Crippen LogP contribution in [0.2, 0.25) is 0 Å². The maximum Gasteiger partial charge on any atom is 0.123 e. The minimum atomic E-state index is -0.495. The molecule has 0 saturated carbocycles. The Morgan fingerprint density at radius 3 is 3.00 bits per heavy atom. The molecule has 1 aromatic rings. The van der Waals surface area contributed by atoms with Gasteiger partial charge in [-0.2, -0.15) is 0 Å². The van der Waals surface area contributed by atoms with Crippen molar-refractivity contribution in [2.45, 2.75) is 19.3 Å². The summed E-state index contributed by atoms with van der Waals surface area (Å²) < 4.78 is 17.4. The van der Waals surface area contributed by atoms with Crippen LogP contribution >= 0.6 is 0 Å². The molecule has 0 spiro atoms. The lowest BCUT2D eigenvalue weighted by Gasteiger charge is -2.19. The highest BCUT2D eigenvalue weighted by molar-refractivity contribution is 6.02. The largest absolute Gasteiger partial charge is 0.491 e. The highest BCUT2D eigenvalue weighted by atomic mass is 19.1. The number of halogens is 1. The van der Waals surface area contributed by atoms with Crippen LogP contribution in [0.5, 0.6) is 5.75 Å². The van der Waals surface area contributed by atoms with Crippen LogP contribution in [0, 0.1) is 0 Å². The number of alkyl halides is 1. The summed E-state index contributed by atoms with van der Waals surface area (Å²) in [4.78, 5) is 0. The average Bonchev–Trinajstić information content (AvgIpc) is 2.35. The molecule has 2 rings (SSSR count). The molecule has 86 valence electrons. The summed E-state index contributed by atoms with van der Waals surface area (Å²) >= 11 is 0. The lowest BCUT2D eigenvalue weighted by atomic mass is 9.89. The van der Waals surface area contributed by atoms with Crippen molar-refractivity contribution in [3.05, 3.63) is 29.3 Å². The van der Waals surface area contributed by atoms with Gasteiger partial charge in [-0.25, -0.2) is 4.39 Å². The summed E-state index contributed by atoms with van der Waals surface area (Å²) in [6.07, 6.45) is 2.59. The summed E-state index contributed by atoms with van der Waals surface area (Å²) in [5, 5.41) is 12.2. The molecule has 3 nitrogen and oxygen atoms in total. The smallest absolute Gasteiger partial charge is 0.123 e. The monoisotopic (exact) mass is 223 g/mol. The number of fused-ring (bicyclic) bond motifs is 1. The zero-order valence-corrected chi connectivity index (χ0v) is 8.95. The quantitative estimate of drug-likeness (QED) is 0.632. The second-order valence-corrected chi connectivity index (χ2v) is 3.72. The van der Waals surface area contributed by atoms with Gasteiger partial charge in [-0.05, 0) is 25.3 Å². The molecule has 0 heterocycles. The maximum absolute atomic E-state index is 12.1. The first-order chi connectivity index (χ1) is 7.86. The number of ether oxygens (including phenoxy) is 1. The summed E-state index contributed by atoms with van der Waals surface area (Å²) in [7, 11) is 0.